The molecular weight excluding hydrogens is 394 g/mol. The monoisotopic (exact) mass is 417 g/mol. The van der Waals surface area contributed by atoms with Gasteiger partial charge in [-0.05, 0) is 26.8 Å². The molecule has 3 heterocycles. The fourth-order valence-corrected chi connectivity index (χ4v) is 3.84. The highest BCUT2D eigenvalue weighted by molar-refractivity contribution is 5.92. The van der Waals surface area contributed by atoms with E-state index in [1.54, 1.807) is 17.0 Å². The Kier molecular flexibility index (Phi) is 4.98. The Morgan fingerprint density at radius 3 is 2.77 bits per heavy atom. The number of ether oxygens (including phenoxy) is 1. The third-order valence-corrected chi connectivity index (χ3v) is 5.68. The fraction of sp³-hybridized carbons (Fsp3) is 0.455. The maximum atomic E-state index is 12.1. The van der Waals surface area contributed by atoms with E-state index < -0.39 is 11.0 Å². The normalized spacial score (nSPS) is 20.6. The molecule has 1 aliphatic carbocycles. The molecule has 9 nitrogen and oxygen atoms in total. The molecule has 0 saturated heterocycles. The maximum absolute atomic E-state index is 12.1. The van der Waals surface area contributed by atoms with Crippen molar-refractivity contribution >= 4 is 17.0 Å². The molecule has 0 radical (unpaired) electrons. The van der Waals surface area contributed by atoms with Crippen molar-refractivity contribution in [3.8, 4) is 11.1 Å². The quantitative estimate of drug-likeness (QED) is 0.468. The van der Waals surface area contributed by atoms with Crippen LogP contribution in [-0.2, 0) is 21.8 Å². The van der Waals surface area contributed by atoms with E-state index in [0.717, 1.165) is 16.5 Å². The molecule has 0 N–H and O–H groups in total. The van der Waals surface area contributed by atoms with Gasteiger partial charge in [-0.1, -0.05) is 0 Å². The van der Waals surface area contributed by atoms with E-state index >= 15 is 0 Å². The number of rotatable bonds is 5. The molecule has 0 amide bonds. The van der Waals surface area contributed by atoms with Crippen LogP contribution in [0.5, 0.6) is 0 Å². The van der Waals surface area contributed by atoms with Crippen LogP contribution in [-0.4, -0.2) is 43.1 Å². The number of nitrogens with zero attached hydrogens (tertiary/aromatic N) is 7. The molecule has 1 fully saturated rings. The molecule has 0 atom stereocenters. The minimum absolute atomic E-state index is 0.0476. The largest absolute Gasteiger partial charge is 0.443 e. The van der Waals surface area contributed by atoms with Crippen LogP contribution in [0.4, 0.5) is 0 Å². The van der Waals surface area contributed by atoms with Gasteiger partial charge in [0.2, 0.25) is 12.6 Å². The zero-order valence-corrected chi connectivity index (χ0v) is 17.7. The highest BCUT2D eigenvalue weighted by Gasteiger charge is 2.53. The van der Waals surface area contributed by atoms with Gasteiger partial charge in [0.15, 0.2) is 12.4 Å². The Bertz CT molecular complexity index is 1210. The van der Waals surface area contributed by atoms with Crippen LogP contribution in [0.1, 0.15) is 33.6 Å². The van der Waals surface area contributed by atoms with E-state index in [0.29, 0.717) is 25.0 Å². The lowest BCUT2D eigenvalue weighted by Crippen LogP contribution is -2.50. The van der Waals surface area contributed by atoms with Crippen molar-refractivity contribution in [1.29, 1.82) is 0 Å². The number of fused-ring (bicyclic) bond motifs is 1. The number of carbonyl (C=O) groups excluding carboxylic acids is 1. The Hall–Kier alpha value is -3.72. The SMILES string of the molecule is [C-]#[N+]C[C@]1(n2cc(-c3cnnc4c3ccn4COC(=O)C(C)(C)C)cn2)C[C@@H]([N+]#[C-])C1. The summed E-state index contributed by atoms with van der Waals surface area (Å²) in [7, 11) is 0. The molecule has 0 aromatic carbocycles. The second-order valence-corrected chi connectivity index (χ2v) is 9.00. The van der Waals surface area contributed by atoms with Crippen LogP contribution >= 0.6 is 0 Å². The summed E-state index contributed by atoms with van der Waals surface area (Å²) >= 11 is 0. The molecule has 3 aromatic heterocycles. The number of hydrogen-bond acceptors (Lipinski definition) is 5. The zero-order chi connectivity index (χ0) is 22.2. The first-order valence-electron chi connectivity index (χ1n) is 10.0. The fourth-order valence-electron chi connectivity index (χ4n) is 3.84. The van der Waals surface area contributed by atoms with Crippen molar-refractivity contribution in [1.82, 2.24) is 24.5 Å². The van der Waals surface area contributed by atoms with Gasteiger partial charge in [0.1, 0.15) is 5.54 Å². The molecule has 4 rings (SSSR count). The van der Waals surface area contributed by atoms with Crippen molar-refractivity contribution in [2.75, 3.05) is 6.54 Å². The predicted octanol–water partition coefficient (Wildman–Crippen LogP) is 3.54. The summed E-state index contributed by atoms with van der Waals surface area (Å²) in [4.78, 5) is 19.3. The summed E-state index contributed by atoms with van der Waals surface area (Å²) in [6, 6.07) is 1.86. The van der Waals surface area contributed by atoms with Gasteiger partial charge in [0.05, 0.1) is 30.7 Å². The van der Waals surface area contributed by atoms with Crippen LogP contribution in [0.25, 0.3) is 31.9 Å². The molecule has 0 bridgehead atoms. The summed E-state index contributed by atoms with van der Waals surface area (Å²) in [5.74, 6) is -0.289. The lowest BCUT2D eigenvalue weighted by atomic mass is 9.73. The molecular formula is C22H23N7O2. The van der Waals surface area contributed by atoms with Crippen LogP contribution in [0.15, 0.2) is 30.9 Å². The first-order chi connectivity index (χ1) is 14.8. The van der Waals surface area contributed by atoms with Gasteiger partial charge in [0.25, 0.3) is 0 Å². The number of hydrogen-bond donors (Lipinski definition) is 0. The molecule has 1 aliphatic rings. The Morgan fingerprint density at radius 1 is 1.32 bits per heavy atom. The number of esters is 1. The lowest BCUT2D eigenvalue weighted by molar-refractivity contribution is -0.156. The summed E-state index contributed by atoms with van der Waals surface area (Å²) in [5, 5.41) is 13.7. The van der Waals surface area contributed by atoms with Crippen LogP contribution in [0, 0.1) is 18.6 Å². The molecule has 158 valence electrons. The highest BCUT2D eigenvalue weighted by Crippen LogP contribution is 2.42. The van der Waals surface area contributed by atoms with Gasteiger partial charge >= 0.3 is 5.97 Å². The molecule has 3 aromatic rings. The lowest BCUT2D eigenvalue weighted by Gasteiger charge is -2.37. The van der Waals surface area contributed by atoms with Crippen LogP contribution in [0.2, 0.25) is 0 Å². The zero-order valence-electron chi connectivity index (χ0n) is 17.7. The van der Waals surface area contributed by atoms with Gasteiger partial charge < -0.3 is 14.4 Å². The van der Waals surface area contributed by atoms with E-state index in [1.807, 2.05) is 43.9 Å². The molecule has 0 spiro atoms. The van der Waals surface area contributed by atoms with Gasteiger partial charge in [-0.2, -0.15) is 10.2 Å². The topological polar surface area (TPSA) is 83.6 Å². The summed E-state index contributed by atoms with van der Waals surface area (Å²) in [5.41, 5.74) is 1.33. The Balaban J connectivity index is 1.62. The van der Waals surface area contributed by atoms with Crippen molar-refractivity contribution in [3.63, 3.8) is 0 Å². The van der Waals surface area contributed by atoms with E-state index in [4.69, 9.17) is 17.9 Å². The third-order valence-electron chi connectivity index (χ3n) is 5.68. The molecule has 9 heteroatoms. The van der Waals surface area contributed by atoms with Crippen molar-refractivity contribution < 1.29 is 9.53 Å². The van der Waals surface area contributed by atoms with E-state index in [2.05, 4.69) is 25.0 Å². The molecule has 0 unspecified atom stereocenters. The first kappa shape index (κ1) is 20.5. The Morgan fingerprint density at radius 2 is 2.10 bits per heavy atom. The molecule has 1 saturated carbocycles. The highest BCUT2D eigenvalue weighted by atomic mass is 16.5. The van der Waals surface area contributed by atoms with Gasteiger partial charge in [-0.25, -0.2) is 13.1 Å². The third kappa shape index (κ3) is 3.64. The van der Waals surface area contributed by atoms with Crippen molar-refractivity contribution in [3.05, 3.63) is 53.7 Å². The second-order valence-electron chi connectivity index (χ2n) is 9.00. The number of aromatic nitrogens is 5. The smallest absolute Gasteiger partial charge is 0.312 e. The number of carbonyl (C=O) groups is 1. The minimum atomic E-state index is -0.580. The van der Waals surface area contributed by atoms with Crippen LogP contribution in [0.3, 0.4) is 0 Å². The predicted molar refractivity (Wildman–Crippen MR) is 113 cm³/mol. The van der Waals surface area contributed by atoms with Gasteiger partial charge in [-0.15, -0.1) is 5.10 Å². The van der Waals surface area contributed by atoms with E-state index in [9.17, 15) is 4.79 Å². The summed E-state index contributed by atoms with van der Waals surface area (Å²) < 4.78 is 8.98. The molecule has 31 heavy (non-hydrogen) atoms. The van der Waals surface area contributed by atoms with E-state index in [-0.39, 0.29) is 18.7 Å². The summed E-state index contributed by atoms with van der Waals surface area (Å²) in [6.07, 6.45) is 8.44. The van der Waals surface area contributed by atoms with Gasteiger partial charge in [0, 0.05) is 28.9 Å². The van der Waals surface area contributed by atoms with Crippen molar-refractivity contribution in [2.24, 2.45) is 5.41 Å². The van der Waals surface area contributed by atoms with Crippen molar-refractivity contribution in [2.45, 2.75) is 51.9 Å². The standard InChI is InChI=1S/C22H23N7O2/c1-21(2,3)20(30)31-14-28-7-6-17-18(11-25-27-19(17)28)15-10-26-29(12-15)22(13-23-4)8-16(9-22)24-5/h6-7,10-12,16H,8-9,13-14H2,1-3H3/t16-,22+. The second kappa shape index (κ2) is 7.51. The average molecular weight is 417 g/mol. The maximum Gasteiger partial charge on any atom is 0.312 e. The summed E-state index contributed by atoms with van der Waals surface area (Å²) in [6.45, 7) is 20.3. The van der Waals surface area contributed by atoms with Crippen LogP contribution < -0.4 is 0 Å². The first-order valence-corrected chi connectivity index (χ1v) is 10.0. The van der Waals surface area contributed by atoms with Gasteiger partial charge in [-0.3, -0.25) is 14.0 Å². The minimum Gasteiger partial charge on any atom is -0.443 e. The molecule has 0 aliphatic heterocycles. The Labute approximate surface area is 180 Å². The van der Waals surface area contributed by atoms with E-state index in [1.165, 1.54) is 0 Å². The average Bonchev–Trinajstić information content (AvgIpc) is 3.35.